The van der Waals surface area contributed by atoms with E-state index in [9.17, 15) is 0 Å². The lowest BCUT2D eigenvalue weighted by atomic mass is 10.2. The molecule has 0 saturated heterocycles. The van der Waals surface area contributed by atoms with Gasteiger partial charge in [0.05, 0.1) is 37.0 Å². The Kier molecular flexibility index (Phi) is 5.28. The fraction of sp³-hybridized carbons (Fsp3) is 0.0833. The van der Waals surface area contributed by atoms with E-state index in [2.05, 4.69) is 114 Å². The SMILES string of the molecule is Cc1ccc2c(Br)c(-c3sc4c(Br)c(-c5oc6cc(C)ccc6c5Br)sc4c3Br)oc2c1. The molecule has 0 radical (unpaired) electrons. The summed E-state index contributed by atoms with van der Waals surface area (Å²) in [6.45, 7) is 4.14. The number of fused-ring (bicyclic) bond motifs is 3. The van der Waals surface area contributed by atoms with Gasteiger partial charge in [0.1, 0.15) is 11.2 Å². The molecule has 160 valence electrons. The fourth-order valence-corrected chi connectivity index (χ4v) is 9.69. The Hall–Kier alpha value is -0.900. The number of rotatable bonds is 2. The first-order chi connectivity index (χ1) is 15.3. The van der Waals surface area contributed by atoms with Crippen LogP contribution in [0.1, 0.15) is 11.1 Å². The molecule has 0 aliphatic rings. The van der Waals surface area contributed by atoms with Gasteiger partial charge in [-0.2, -0.15) is 0 Å². The van der Waals surface area contributed by atoms with Crippen LogP contribution in [0, 0.1) is 13.8 Å². The molecule has 4 heterocycles. The second-order valence-corrected chi connectivity index (χ2v) is 12.9. The minimum atomic E-state index is 0.847. The summed E-state index contributed by atoms with van der Waals surface area (Å²) in [6, 6.07) is 12.5. The molecular formula is C24H12Br4O2S2. The standard InChI is InChI=1S/C24H12Br4O2S2/c1-9-3-5-11-13(7-9)29-19(15(11)25)21-17(27)23-24(31-21)18(28)22(32-23)20-16(26)12-6-4-10(2)8-14(12)30-20/h3-8H,1-2H3. The fourth-order valence-electron chi connectivity index (χ4n) is 3.81. The highest BCUT2D eigenvalue weighted by Crippen LogP contribution is 2.55. The van der Waals surface area contributed by atoms with Gasteiger partial charge in [-0.25, -0.2) is 0 Å². The maximum atomic E-state index is 6.27. The van der Waals surface area contributed by atoms with E-state index in [0.717, 1.165) is 61.1 Å². The number of halogens is 4. The zero-order valence-corrected chi connectivity index (χ0v) is 24.6. The largest absolute Gasteiger partial charge is 0.454 e. The molecule has 32 heavy (non-hydrogen) atoms. The molecule has 0 bridgehead atoms. The van der Waals surface area contributed by atoms with Crippen LogP contribution in [0.15, 0.2) is 63.1 Å². The zero-order valence-electron chi connectivity index (χ0n) is 16.6. The second-order valence-electron chi connectivity index (χ2n) is 7.64. The Morgan fingerprint density at radius 2 is 1.00 bits per heavy atom. The average molecular weight is 716 g/mol. The smallest absolute Gasteiger partial charge is 0.160 e. The zero-order chi connectivity index (χ0) is 22.3. The average Bonchev–Trinajstić information content (AvgIpc) is 3.45. The van der Waals surface area contributed by atoms with Crippen LogP contribution < -0.4 is 0 Å². The lowest BCUT2D eigenvalue weighted by molar-refractivity contribution is 0.630. The maximum Gasteiger partial charge on any atom is 0.160 e. The van der Waals surface area contributed by atoms with Crippen LogP contribution >= 0.6 is 86.4 Å². The molecule has 4 aromatic heterocycles. The minimum Gasteiger partial charge on any atom is -0.454 e. The van der Waals surface area contributed by atoms with Gasteiger partial charge in [0.15, 0.2) is 11.5 Å². The number of thiophene rings is 2. The summed E-state index contributed by atoms with van der Waals surface area (Å²) in [4.78, 5) is 2.14. The van der Waals surface area contributed by atoms with E-state index in [0.29, 0.717) is 0 Å². The molecule has 0 aliphatic heterocycles. The summed E-state index contributed by atoms with van der Waals surface area (Å²) in [5, 5.41) is 2.16. The first kappa shape index (κ1) is 21.6. The van der Waals surface area contributed by atoms with Crippen LogP contribution in [0.4, 0.5) is 0 Å². The molecular weight excluding hydrogens is 704 g/mol. The third kappa shape index (κ3) is 3.17. The second kappa shape index (κ2) is 7.82. The van der Waals surface area contributed by atoms with Crippen molar-refractivity contribution in [2.75, 3.05) is 0 Å². The summed E-state index contributed by atoms with van der Waals surface area (Å²) in [7, 11) is 0. The Bertz CT molecular complexity index is 1570. The van der Waals surface area contributed by atoms with E-state index in [-0.39, 0.29) is 0 Å². The maximum absolute atomic E-state index is 6.27. The van der Waals surface area contributed by atoms with Crippen molar-refractivity contribution in [3.8, 4) is 21.3 Å². The van der Waals surface area contributed by atoms with Crippen molar-refractivity contribution in [2.24, 2.45) is 0 Å². The molecule has 0 aliphatic carbocycles. The van der Waals surface area contributed by atoms with Gasteiger partial charge in [-0.3, -0.25) is 0 Å². The lowest BCUT2D eigenvalue weighted by Crippen LogP contribution is -1.71. The minimum absolute atomic E-state index is 0.847. The highest BCUT2D eigenvalue weighted by Gasteiger charge is 2.26. The molecule has 0 amide bonds. The molecule has 0 fully saturated rings. The number of hydrogen-bond donors (Lipinski definition) is 0. The third-order valence-corrected chi connectivity index (χ3v) is 12.1. The van der Waals surface area contributed by atoms with Crippen LogP contribution in [-0.4, -0.2) is 0 Å². The molecule has 6 aromatic rings. The topological polar surface area (TPSA) is 26.3 Å². The number of benzene rings is 2. The van der Waals surface area contributed by atoms with Crippen LogP contribution in [0.2, 0.25) is 0 Å². The molecule has 0 saturated carbocycles. The quantitative estimate of drug-likeness (QED) is 0.178. The van der Waals surface area contributed by atoms with Crippen molar-refractivity contribution >= 4 is 118 Å². The molecule has 2 aromatic carbocycles. The van der Waals surface area contributed by atoms with Gasteiger partial charge in [-0.15, -0.1) is 22.7 Å². The normalized spacial score (nSPS) is 12.1. The van der Waals surface area contributed by atoms with Crippen molar-refractivity contribution in [3.05, 3.63) is 65.4 Å². The van der Waals surface area contributed by atoms with Gasteiger partial charge in [0, 0.05) is 10.8 Å². The van der Waals surface area contributed by atoms with Gasteiger partial charge in [0.25, 0.3) is 0 Å². The monoisotopic (exact) mass is 712 g/mol. The molecule has 0 spiro atoms. The third-order valence-electron chi connectivity index (χ3n) is 5.39. The van der Waals surface area contributed by atoms with Gasteiger partial charge >= 0.3 is 0 Å². The molecule has 6 rings (SSSR count). The van der Waals surface area contributed by atoms with Crippen molar-refractivity contribution in [2.45, 2.75) is 13.8 Å². The van der Waals surface area contributed by atoms with Crippen LogP contribution in [-0.2, 0) is 0 Å². The highest BCUT2D eigenvalue weighted by atomic mass is 79.9. The molecule has 2 nitrogen and oxygen atoms in total. The van der Waals surface area contributed by atoms with Crippen molar-refractivity contribution in [1.82, 2.24) is 0 Å². The summed E-state index contributed by atoms with van der Waals surface area (Å²) in [5.41, 5.74) is 4.12. The highest BCUT2D eigenvalue weighted by molar-refractivity contribution is 9.11. The first-order valence-electron chi connectivity index (χ1n) is 9.61. The predicted octanol–water partition coefficient (Wildman–Crippen LogP) is 11.5. The van der Waals surface area contributed by atoms with Crippen molar-refractivity contribution < 1.29 is 8.83 Å². The number of aryl methyl sites for hydroxylation is 2. The first-order valence-corrected chi connectivity index (χ1v) is 14.4. The predicted molar refractivity (Wildman–Crippen MR) is 150 cm³/mol. The van der Waals surface area contributed by atoms with Crippen LogP contribution in [0.3, 0.4) is 0 Å². The van der Waals surface area contributed by atoms with E-state index in [4.69, 9.17) is 8.83 Å². The Labute approximate surface area is 225 Å². The molecule has 0 N–H and O–H groups in total. The summed E-state index contributed by atoms with van der Waals surface area (Å²) >= 11 is 18.6. The van der Waals surface area contributed by atoms with Crippen LogP contribution in [0.25, 0.3) is 52.6 Å². The van der Waals surface area contributed by atoms with E-state index >= 15 is 0 Å². The van der Waals surface area contributed by atoms with Gasteiger partial charge in [0.2, 0.25) is 0 Å². The van der Waals surface area contributed by atoms with E-state index < -0.39 is 0 Å². The van der Waals surface area contributed by atoms with Gasteiger partial charge < -0.3 is 8.83 Å². The molecule has 0 unspecified atom stereocenters. The summed E-state index contributed by atoms with van der Waals surface area (Å²) in [5.74, 6) is 1.69. The Morgan fingerprint density at radius 1 is 0.594 bits per heavy atom. The van der Waals surface area contributed by atoms with Gasteiger partial charge in [-0.05, 0) is 113 Å². The Balaban J connectivity index is 1.54. The molecule has 0 atom stereocenters. The van der Waals surface area contributed by atoms with Crippen molar-refractivity contribution in [1.29, 1.82) is 0 Å². The molecule has 8 heteroatoms. The number of furan rings is 2. The van der Waals surface area contributed by atoms with Crippen molar-refractivity contribution in [3.63, 3.8) is 0 Å². The summed E-state index contributed by atoms with van der Waals surface area (Å²) < 4.78 is 18.9. The van der Waals surface area contributed by atoms with E-state index in [1.165, 1.54) is 20.5 Å². The Morgan fingerprint density at radius 3 is 1.41 bits per heavy atom. The van der Waals surface area contributed by atoms with E-state index in [1.54, 1.807) is 22.7 Å². The van der Waals surface area contributed by atoms with E-state index in [1.807, 2.05) is 0 Å². The number of hydrogen-bond acceptors (Lipinski definition) is 4. The van der Waals surface area contributed by atoms with Gasteiger partial charge in [-0.1, -0.05) is 12.1 Å². The van der Waals surface area contributed by atoms with Crippen LogP contribution in [0.5, 0.6) is 0 Å². The summed E-state index contributed by atoms with van der Waals surface area (Å²) in [6.07, 6.45) is 0. The lowest BCUT2D eigenvalue weighted by Gasteiger charge is -1.97.